The van der Waals surface area contributed by atoms with Crippen molar-refractivity contribution in [1.29, 1.82) is 0 Å². The molecule has 0 spiro atoms. The van der Waals surface area contributed by atoms with Crippen molar-refractivity contribution >= 4 is 5.91 Å². The molecule has 0 radical (unpaired) electrons. The molecule has 1 unspecified atom stereocenters. The van der Waals surface area contributed by atoms with E-state index in [0.717, 1.165) is 5.76 Å². The van der Waals surface area contributed by atoms with E-state index < -0.39 is 5.60 Å². The Hall–Kier alpha value is -1.81. The van der Waals surface area contributed by atoms with Gasteiger partial charge in [-0.05, 0) is 39.7 Å². The summed E-state index contributed by atoms with van der Waals surface area (Å²) in [5, 5.41) is 13.4. The van der Waals surface area contributed by atoms with Gasteiger partial charge in [-0.15, -0.1) is 13.2 Å². The van der Waals surface area contributed by atoms with Crippen molar-refractivity contribution in [3.63, 3.8) is 0 Å². The molecule has 1 aromatic rings. The zero-order chi connectivity index (χ0) is 16.0. The summed E-state index contributed by atoms with van der Waals surface area (Å²) in [6.45, 7) is 12.8. The van der Waals surface area contributed by atoms with Gasteiger partial charge in [0.1, 0.15) is 17.1 Å². The molecule has 0 saturated carbocycles. The van der Waals surface area contributed by atoms with Gasteiger partial charge >= 0.3 is 0 Å². The summed E-state index contributed by atoms with van der Waals surface area (Å²) in [5.74, 6) is 1.11. The van der Waals surface area contributed by atoms with E-state index >= 15 is 0 Å². The highest BCUT2D eigenvalue weighted by Gasteiger charge is 2.29. The van der Waals surface area contributed by atoms with Crippen LogP contribution in [0.15, 0.2) is 35.8 Å². The maximum Gasteiger partial charge on any atom is 0.223 e. The van der Waals surface area contributed by atoms with Crippen LogP contribution in [0, 0.1) is 19.8 Å². The summed E-state index contributed by atoms with van der Waals surface area (Å²) in [7, 11) is 0. The van der Waals surface area contributed by atoms with E-state index in [2.05, 4.69) is 18.5 Å². The van der Waals surface area contributed by atoms with Gasteiger partial charge in [-0.2, -0.15) is 0 Å². The lowest BCUT2D eigenvalue weighted by molar-refractivity contribution is -0.126. The second-order valence-corrected chi connectivity index (χ2v) is 5.56. The van der Waals surface area contributed by atoms with Gasteiger partial charge < -0.3 is 14.8 Å². The zero-order valence-corrected chi connectivity index (χ0v) is 13.1. The Morgan fingerprint density at radius 2 is 2.00 bits per heavy atom. The number of aliphatic hydroxyl groups is 1. The van der Waals surface area contributed by atoms with Crippen molar-refractivity contribution in [3.8, 4) is 0 Å². The van der Waals surface area contributed by atoms with Gasteiger partial charge in [0, 0.05) is 11.5 Å². The number of hydrogen-bond acceptors (Lipinski definition) is 3. The molecular weight excluding hydrogens is 266 g/mol. The Morgan fingerprint density at radius 1 is 1.43 bits per heavy atom. The molecule has 1 rings (SSSR count). The molecule has 0 aliphatic rings. The number of carbonyl (C=O) groups is 1. The first-order valence-electron chi connectivity index (χ1n) is 7.11. The third-order valence-electron chi connectivity index (χ3n) is 3.50. The monoisotopic (exact) mass is 291 g/mol. The predicted molar refractivity (Wildman–Crippen MR) is 83.9 cm³/mol. The molecule has 0 bridgehead atoms. The molecule has 0 fully saturated rings. The minimum atomic E-state index is -1.16. The van der Waals surface area contributed by atoms with E-state index in [1.165, 1.54) is 0 Å². The van der Waals surface area contributed by atoms with E-state index in [0.29, 0.717) is 24.2 Å². The number of rotatable bonds is 8. The lowest BCUT2D eigenvalue weighted by Gasteiger charge is -2.24. The number of carbonyl (C=O) groups excluding carboxylic acids is 1. The lowest BCUT2D eigenvalue weighted by Crippen LogP contribution is -2.41. The van der Waals surface area contributed by atoms with Crippen LogP contribution in [0.4, 0.5) is 0 Å². The molecule has 0 aliphatic heterocycles. The third-order valence-corrected chi connectivity index (χ3v) is 3.50. The van der Waals surface area contributed by atoms with Crippen molar-refractivity contribution in [2.75, 3.05) is 6.54 Å². The second kappa shape index (κ2) is 7.27. The van der Waals surface area contributed by atoms with Crippen LogP contribution in [0.3, 0.4) is 0 Å². The van der Waals surface area contributed by atoms with Crippen LogP contribution in [0.25, 0.3) is 0 Å². The SMILES string of the molecule is C=CCC(CC=C)C(=O)NCC(C)(O)c1cc(C)oc1C. The fourth-order valence-corrected chi connectivity index (χ4v) is 2.38. The fraction of sp³-hybridized carbons (Fsp3) is 0.471. The number of hydrogen-bond donors (Lipinski definition) is 2. The zero-order valence-electron chi connectivity index (χ0n) is 13.1. The second-order valence-electron chi connectivity index (χ2n) is 5.56. The van der Waals surface area contributed by atoms with E-state index in [1.807, 2.05) is 6.92 Å². The Kier molecular flexibility index (Phi) is 5.97. The molecule has 0 saturated heterocycles. The normalized spacial score (nSPS) is 13.8. The van der Waals surface area contributed by atoms with Crippen LogP contribution >= 0.6 is 0 Å². The highest BCUT2D eigenvalue weighted by molar-refractivity contribution is 5.79. The van der Waals surface area contributed by atoms with Crippen molar-refractivity contribution in [2.45, 2.75) is 39.2 Å². The maximum absolute atomic E-state index is 12.2. The summed E-state index contributed by atoms with van der Waals surface area (Å²) >= 11 is 0. The Morgan fingerprint density at radius 3 is 2.43 bits per heavy atom. The van der Waals surface area contributed by atoms with Gasteiger partial charge in [-0.3, -0.25) is 4.79 Å². The molecule has 0 aromatic carbocycles. The number of furan rings is 1. The molecule has 0 aliphatic carbocycles. The molecule has 4 nitrogen and oxygen atoms in total. The van der Waals surface area contributed by atoms with Gasteiger partial charge in [0.05, 0.1) is 6.54 Å². The van der Waals surface area contributed by atoms with Crippen molar-refractivity contribution in [3.05, 3.63) is 48.5 Å². The van der Waals surface area contributed by atoms with Crippen LogP contribution in [0.2, 0.25) is 0 Å². The van der Waals surface area contributed by atoms with Gasteiger partial charge in [-0.1, -0.05) is 12.2 Å². The topological polar surface area (TPSA) is 62.5 Å². The quantitative estimate of drug-likeness (QED) is 0.724. The van der Waals surface area contributed by atoms with Crippen LogP contribution in [0.5, 0.6) is 0 Å². The van der Waals surface area contributed by atoms with Crippen LogP contribution < -0.4 is 5.32 Å². The van der Waals surface area contributed by atoms with E-state index in [-0.39, 0.29) is 18.4 Å². The molecule has 2 N–H and O–H groups in total. The van der Waals surface area contributed by atoms with Crippen molar-refractivity contribution in [2.24, 2.45) is 5.92 Å². The fourth-order valence-electron chi connectivity index (χ4n) is 2.38. The Bertz CT molecular complexity index is 504. The standard InChI is InChI=1S/C17H25NO3/c1-6-8-14(9-7-2)16(19)18-11-17(5,20)15-10-12(3)21-13(15)4/h6-7,10,14,20H,1-2,8-9,11H2,3-5H3,(H,18,19). The highest BCUT2D eigenvalue weighted by atomic mass is 16.3. The molecule has 21 heavy (non-hydrogen) atoms. The van der Waals surface area contributed by atoms with Crippen LogP contribution in [0.1, 0.15) is 36.8 Å². The summed E-state index contributed by atoms with van der Waals surface area (Å²) in [4.78, 5) is 12.2. The van der Waals surface area contributed by atoms with E-state index in [1.54, 1.807) is 32.1 Å². The first-order valence-corrected chi connectivity index (χ1v) is 7.11. The first-order chi connectivity index (χ1) is 9.81. The van der Waals surface area contributed by atoms with Crippen LogP contribution in [-0.4, -0.2) is 17.6 Å². The largest absolute Gasteiger partial charge is 0.466 e. The average Bonchev–Trinajstić information content (AvgIpc) is 2.76. The summed E-state index contributed by atoms with van der Waals surface area (Å²) in [5.41, 5.74) is -0.464. The maximum atomic E-state index is 12.2. The number of amides is 1. The predicted octanol–water partition coefficient (Wildman–Crippen LogP) is 2.99. The molecule has 116 valence electrons. The molecule has 1 amide bonds. The van der Waals surface area contributed by atoms with E-state index in [9.17, 15) is 9.90 Å². The van der Waals surface area contributed by atoms with Crippen LogP contribution in [-0.2, 0) is 10.4 Å². The first kappa shape index (κ1) is 17.2. The summed E-state index contributed by atoms with van der Waals surface area (Å²) in [6, 6.07) is 1.80. The molecule has 1 heterocycles. The molecule has 4 heteroatoms. The Labute approximate surface area is 126 Å². The Balaban J connectivity index is 2.71. The minimum Gasteiger partial charge on any atom is -0.466 e. The van der Waals surface area contributed by atoms with Gasteiger partial charge in [-0.25, -0.2) is 0 Å². The number of aryl methyl sites for hydroxylation is 2. The van der Waals surface area contributed by atoms with Gasteiger partial charge in [0.15, 0.2) is 0 Å². The third kappa shape index (κ3) is 4.60. The van der Waals surface area contributed by atoms with Crippen molar-refractivity contribution < 1.29 is 14.3 Å². The smallest absolute Gasteiger partial charge is 0.223 e. The minimum absolute atomic E-state index is 0.104. The molecular formula is C17H25NO3. The van der Waals surface area contributed by atoms with E-state index in [4.69, 9.17) is 4.42 Å². The van der Waals surface area contributed by atoms with Gasteiger partial charge in [0.2, 0.25) is 5.91 Å². The number of nitrogens with one attached hydrogen (secondary N) is 1. The molecule has 1 atom stereocenters. The summed E-state index contributed by atoms with van der Waals surface area (Å²) < 4.78 is 5.43. The lowest BCUT2D eigenvalue weighted by atomic mass is 9.95. The molecule has 1 aromatic heterocycles. The number of allylic oxidation sites excluding steroid dienone is 2. The van der Waals surface area contributed by atoms with Crippen molar-refractivity contribution in [1.82, 2.24) is 5.32 Å². The van der Waals surface area contributed by atoms with Gasteiger partial charge in [0.25, 0.3) is 0 Å². The summed E-state index contributed by atoms with van der Waals surface area (Å²) in [6.07, 6.45) is 4.61. The average molecular weight is 291 g/mol. The highest BCUT2D eigenvalue weighted by Crippen LogP contribution is 2.26.